The van der Waals surface area contributed by atoms with Gasteiger partial charge in [0.2, 0.25) is 0 Å². The Morgan fingerprint density at radius 3 is 2.84 bits per heavy atom. The van der Waals surface area contributed by atoms with Gasteiger partial charge in [-0.3, -0.25) is 4.79 Å². The molecule has 0 bridgehead atoms. The van der Waals surface area contributed by atoms with Gasteiger partial charge in [-0.15, -0.1) is 0 Å². The van der Waals surface area contributed by atoms with Crippen molar-refractivity contribution < 1.29 is 14.6 Å². The summed E-state index contributed by atoms with van der Waals surface area (Å²) < 4.78 is 5.69. The summed E-state index contributed by atoms with van der Waals surface area (Å²) in [6, 6.07) is 5.54. The molecule has 1 aromatic rings. The third kappa shape index (κ3) is 2.59. The van der Waals surface area contributed by atoms with Gasteiger partial charge in [0.05, 0.1) is 5.60 Å². The largest absolute Gasteiger partial charge is 0.491 e. The molecular formula is C15H19NO3. The highest BCUT2D eigenvalue weighted by atomic mass is 16.5. The predicted octanol–water partition coefficient (Wildman–Crippen LogP) is 2.00. The van der Waals surface area contributed by atoms with Crippen LogP contribution in [0, 0.1) is 0 Å². The Balaban J connectivity index is 1.67. The Bertz CT molecular complexity index is 492. The topological polar surface area (TPSA) is 58.6 Å². The average Bonchev–Trinajstić information content (AvgIpc) is 2.79. The summed E-state index contributed by atoms with van der Waals surface area (Å²) in [6.07, 6.45) is 4.93. The van der Waals surface area contributed by atoms with Crippen molar-refractivity contribution in [3.05, 3.63) is 29.3 Å². The fourth-order valence-electron chi connectivity index (χ4n) is 2.85. The number of aliphatic hydroxyl groups is 1. The highest BCUT2D eigenvalue weighted by Crippen LogP contribution is 2.29. The van der Waals surface area contributed by atoms with Crippen molar-refractivity contribution in [1.29, 1.82) is 0 Å². The summed E-state index contributed by atoms with van der Waals surface area (Å²) in [5, 5.41) is 13.2. The number of carbonyl (C=O) groups excluding carboxylic acids is 1. The van der Waals surface area contributed by atoms with Gasteiger partial charge in [0, 0.05) is 12.1 Å². The number of benzene rings is 1. The summed E-state index contributed by atoms with van der Waals surface area (Å²) in [5.41, 5.74) is 1.00. The van der Waals surface area contributed by atoms with Gasteiger partial charge in [0.15, 0.2) is 0 Å². The van der Waals surface area contributed by atoms with Crippen molar-refractivity contribution in [3.8, 4) is 5.75 Å². The molecule has 3 rings (SSSR count). The van der Waals surface area contributed by atoms with E-state index in [4.69, 9.17) is 4.74 Å². The number of rotatable bonds is 3. The lowest BCUT2D eigenvalue weighted by molar-refractivity contribution is -0.0339. The molecule has 0 aromatic heterocycles. The zero-order valence-electron chi connectivity index (χ0n) is 10.9. The van der Waals surface area contributed by atoms with E-state index in [-0.39, 0.29) is 5.91 Å². The van der Waals surface area contributed by atoms with Crippen LogP contribution >= 0.6 is 0 Å². The molecule has 1 saturated carbocycles. The summed E-state index contributed by atoms with van der Waals surface area (Å²) in [7, 11) is 0. The number of carbonyl (C=O) groups is 1. The Kier molecular flexibility index (Phi) is 3.19. The zero-order chi connectivity index (χ0) is 13.3. The van der Waals surface area contributed by atoms with E-state index in [0.717, 1.165) is 31.2 Å². The van der Waals surface area contributed by atoms with Crippen molar-refractivity contribution >= 4 is 5.91 Å². The molecule has 1 heterocycles. The van der Waals surface area contributed by atoms with Crippen LogP contribution in [-0.4, -0.2) is 23.2 Å². The van der Waals surface area contributed by atoms with Crippen LogP contribution in [0.2, 0.25) is 0 Å². The standard InChI is InChI=1S/C15H19NO3/c17-14-13-8-12(5-4-11(13)9-16-14)19-10-15(18)6-2-1-3-7-15/h4-5,8,18H,1-3,6-7,9-10H2,(H,16,17). The Hall–Kier alpha value is -1.55. The van der Waals surface area contributed by atoms with E-state index in [1.165, 1.54) is 6.42 Å². The Morgan fingerprint density at radius 2 is 2.05 bits per heavy atom. The molecule has 0 saturated heterocycles. The zero-order valence-corrected chi connectivity index (χ0v) is 10.9. The quantitative estimate of drug-likeness (QED) is 0.875. The molecule has 4 nitrogen and oxygen atoms in total. The third-order valence-electron chi connectivity index (χ3n) is 4.06. The maximum atomic E-state index is 11.6. The normalized spacial score (nSPS) is 20.8. The van der Waals surface area contributed by atoms with Crippen LogP contribution in [0.5, 0.6) is 5.75 Å². The van der Waals surface area contributed by atoms with Crippen LogP contribution < -0.4 is 10.1 Å². The predicted molar refractivity (Wildman–Crippen MR) is 71.1 cm³/mol. The van der Waals surface area contributed by atoms with Gasteiger partial charge in [-0.25, -0.2) is 0 Å². The van der Waals surface area contributed by atoms with E-state index in [1.807, 2.05) is 12.1 Å². The van der Waals surface area contributed by atoms with Crippen LogP contribution in [0.3, 0.4) is 0 Å². The van der Waals surface area contributed by atoms with E-state index < -0.39 is 5.60 Å². The maximum Gasteiger partial charge on any atom is 0.252 e. The lowest BCUT2D eigenvalue weighted by Crippen LogP contribution is -2.37. The Labute approximate surface area is 112 Å². The van der Waals surface area contributed by atoms with Crippen LogP contribution in [0.25, 0.3) is 0 Å². The fourth-order valence-corrected chi connectivity index (χ4v) is 2.85. The molecule has 2 N–H and O–H groups in total. The van der Waals surface area contributed by atoms with E-state index in [1.54, 1.807) is 6.07 Å². The van der Waals surface area contributed by atoms with Crippen LogP contribution in [0.15, 0.2) is 18.2 Å². The minimum Gasteiger partial charge on any atom is -0.491 e. The van der Waals surface area contributed by atoms with E-state index in [0.29, 0.717) is 24.5 Å². The average molecular weight is 261 g/mol. The number of amides is 1. The molecule has 0 spiro atoms. The van der Waals surface area contributed by atoms with E-state index in [9.17, 15) is 9.90 Å². The Morgan fingerprint density at radius 1 is 1.26 bits per heavy atom. The van der Waals surface area contributed by atoms with Crippen LogP contribution in [0.4, 0.5) is 0 Å². The molecule has 0 radical (unpaired) electrons. The molecule has 0 atom stereocenters. The second-order valence-corrected chi connectivity index (χ2v) is 5.58. The maximum absolute atomic E-state index is 11.6. The van der Waals surface area contributed by atoms with E-state index >= 15 is 0 Å². The lowest BCUT2D eigenvalue weighted by Gasteiger charge is -2.31. The summed E-state index contributed by atoms with van der Waals surface area (Å²) in [4.78, 5) is 11.6. The van der Waals surface area contributed by atoms with Crippen molar-refractivity contribution in [2.45, 2.75) is 44.2 Å². The first kappa shape index (κ1) is 12.5. The third-order valence-corrected chi connectivity index (χ3v) is 4.06. The van der Waals surface area contributed by atoms with Gasteiger partial charge in [0.25, 0.3) is 5.91 Å². The molecule has 1 fully saturated rings. The van der Waals surface area contributed by atoms with Gasteiger partial charge in [-0.1, -0.05) is 25.3 Å². The fraction of sp³-hybridized carbons (Fsp3) is 0.533. The smallest absolute Gasteiger partial charge is 0.252 e. The first-order valence-electron chi connectivity index (χ1n) is 6.93. The number of hydrogen-bond donors (Lipinski definition) is 2. The van der Waals surface area contributed by atoms with Crippen molar-refractivity contribution in [1.82, 2.24) is 5.32 Å². The highest BCUT2D eigenvalue weighted by Gasteiger charge is 2.30. The van der Waals surface area contributed by atoms with Crippen LogP contribution in [-0.2, 0) is 6.54 Å². The molecule has 0 unspecified atom stereocenters. The molecule has 2 aliphatic rings. The molecule has 1 aromatic carbocycles. The van der Waals surface area contributed by atoms with Gasteiger partial charge < -0.3 is 15.2 Å². The first-order valence-corrected chi connectivity index (χ1v) is 6.93. The number of nitrogens with one attached hydrogen (secondary N) is 1. The molecule has 1 aliphatic carbocycles. The van der Waals surface area contributed by atoms with Crippen LogP contribution in [0.1, 0.15) is 48.0 Å². The second-order valence-electron chi connectivity index (χ2n) is 5.58. The molecular weight excluding hydrogens is 242 g/mol. The van der Waals surface area contributed by atoms with Gasteiger partial charge in [-0.05, 0) is 30.5 Å². The minimum atomic E-state index is -0.695. The molecule has 102 valence electrons. The van der Waals surface area contributed by atoms with Gasteiger partial charge in [0.1, 0.15) is 12.4 Å². The summed E-state index contributed by atoms with van der Waals surface area (Å²) in [6.45, 7) is 0.909. The molecule has 1 aliphatic heterocycles. The van der Waals surface area contributed by atoms with Crippen molar-refractivity contribution in [3.63, 3.8) is 0 Å². The highest BCUT2D eigenvalue weighted by molar-refractivity contribution is 5.98. The van der Waals surface area contributed by atoms with E-state index in [2.05, 4.69) is 5.32 Å². The van der Waals surface area contributed by atoms with Crippen molar-refractivity contribution in [2.75, 3.05) is 6.61 Å². The molecule has 19 heavy (non-hydrogen) atoms. The SMILES string of the molecule is O=C1NCc2ccc(OCC3(O)CCCCC3)cc21. The number of hydrogen-bond acceptors (Lipinski definition) is 3. The van der Waals surface area contributed by atoms with Gasteiger partial charge >= 0.3 is 0 Å². The van der Waals surface area contributed by atoms with Crippen molar-refractivity contribution in [2.24, 2.45) is 0 Å². The molecule has 1 amide bonds. The minimum absolute atomic E-state index is 0.0446. The molecule has 4 heteroatoms. The lowest BCUT2D eigenvalue weighted by atomic mass is 9.85. The summed E-state index contributed by atoms with van der Waals surface area (Å²) >= 11 is 0. The first-order chi connectivity index (χ1) is 9.16. The number of ether oxygens (including phenoxy) is 1. The second kappa shape index (κ2) is 4.85. The summed E-state index contributed by atoms with van der Waals surface area (Å²) in [5.74, 6) is 0.617. The number of fused-ring (bicyclic) bond motifs is 1. The van der Waals surface area contributed by atoms with Gasteiger partial charge in [-0.2, -0.15) is 0 Å². The monoisotopic (exact) mass is 261 g/mol.